The molecule has 4 aromatic rings. The second-order valence-corrected chi connectivity index (χ2v) is 10.8. The first kappa shape index (κ1) is 25.3. The van der Waals surface area contributed by atoms with E-state index >= 15 is 0 Å². The summed E-state index contributed by atoms with van der Waals surface area (Å²) >= 11 is 0. The van der Waals surface area contributed by atoms with Crippen LogP contribution in [0, 0.1) is 0 Å². The van der Waals surface area contributed by atoms with Gasteiger partial charge >= 0.3 is 0 Å². The summed E-state index contributed by atoms with van der Waals surface area (Å²) in [5, 5.41) is 14.2. The van der Waals surface area contributed by atoms with Crippen LogP contribution in [0.25, 0.3) is 16.9 Å². The Morgan fingerprint density at radius 1 is 1.13 bits per heavy atom. The third kappa shape index (κ3) is 4.81. The van der Waals surface area contributed by atoms with Crippen molar-refractivity contribution in [3.63, 3.8) is 0 Å². The monoisotopic (exact) mass is 526 g/mol. The van der Waals surface area contributed by atoms with E-state index in [0.717, 1.165) is 25.3 Å². The Morgan fingerprint density at radius 2 is 1.95 bits per heavy atom. The summed E-state index contributed by atoms with van der Waals surface area (Å²) in [4.78, 5) is 32.1. The molecule has 5 heterocycles. The van der Waals surface area contributed by atoms with Gasteiger partial charge in [0.2, 0.25) is 5.95 Å². The zero-order valence-electron chi connectivity index (χ0n) is 22.4. The normalized spacial score (nSPS) is 17.9. The minimum absolute atomic E-state index is 0.237. The molecule has 202 valence electrons. The van der Waals surface area contributed by atoms with Crippen molar-refractivity contribution in [2.75, 3.05) is 36.4 Å². The molecule has 0 radical (unpaired) electrons. The lowest BCUT2D eigenvalue weighted by molar-refractivity contribution is 0.0738. The Hall–Kier alpha value is -4.02. The highest BCUT2D eigenvalue weighted by Gasteiger charge is 2.30. The van der Waals surface area contributed by atoms with Crippen molar-refractivity contribution in [1.82, 2.24) is 29.2 Å². The fraction of sp³-hybridized carbons (Fsp3) is 0.379. The summed E-state index contributed by atoms with van der Waals surface area (Å²) < 4.78 is 3.18. The highest BCUT2D eigenvalue weighted by Crippen LogP contribution is 2.27. The van der Waals surface area contributed by atoms with E-state index in [9.17, 15) is 9.90 Å². The Kier molecular flexibility index (Phi) is 6.44. The summed E-state index contributed by atoms with van der Waals surface area (Å²) in [7, 11) is 0. The number of rotatable bonds is 7. The van der Waals surface area contributed by atoms with Gasteiger partial charge in [0.05, 0.1) is 12.2 Å². The Bertz CT molecular complexity index is 1570. The number of allylic oxidation sites excluding steroid dienone is 1. The number of aliphatic hydroxyl groups is 1. The number of benzene rings is 1. The van der Waals surface area contributed by atoms with Crippen LogP contribution in [0.1, 0.15) is 32.4 Å². The number of pyridine rings is 1. The van der Waals surface area contributed by atoms with Crippen LogP contribution in [-0.2, 0) is 12.1 Å². The highest BCUT2D eigenvalue weighted by molar-refractivity contribution is 5.77. The van der Waals surface area contributed by atoms with Gasteiger partial charge in [-0.2, -0.15) is 4.98 Å². The van der Waals surface area contributed by atoms with Crippen molar-refractivity contribution in [3.8, 4) is 5.82 Å². The molecule has 0 spiro atoms. The van der Waals surface area contributed by atoms with Crippen molar-refractivity contribution in [2.24, 2.45) is 0 Å². The molecule has 10 heteroatoms. The predicted octanol–water partition coefficient (Wildman–Crippen LogP) is 3.42. The molecule has 1 atom stereocenters. The number of fused-ring (bicyclic) bond motifs is 2. The van der Waals surface area contributed by atoms with Gasteiger partial charge in [0.15, 0.2) is 11.5 Å². The number of nitrogens with one attached hydrogen (secondary N) is 1. The average Bonchev–Trinajstić information content (AvgIpc) is 3.51. The topological polar surface area (TPSA) is 104 Å². The molecule has 3 aromatic heterocycles. The third-order valence-electron chi connectivity index (χ3n) is 7.63. The molecule has 1 unspecified atom stereocenters. The molecule has 2 saturated heterocycles. The Labute approximate surface area is 227 Å². The van der Waals surface area contributed by atoms with Gasteiger partial charge in [-0.15, -0.1) is 6.58 Å². The van der Waals surface area contributed by atoms with Crippen LogP contribution >= 0.6 is 0 Å². The van der Waals surface area contributed by atoms with Crippen molar-refractivity contribution < 1.29 is 5.11 Å². The maximum atomic E-state index is 13.2. The molecule has 2 aliphatic heterocycles. The average molecular weight is 527 g/mol. The summed E-state index contributed by atoms with van der Waals surface area (Å²) in [6.45, 7) is 11.9. The number of hydrogen-bond donors (Lipinski definition) is 2. The minimum atomic E-state index is -1.14. The molecule has 0 bridgehead atoms. The number of aromatic nitrogens is 5. The van der Waals surface area contributed by atoms with Crippen LogP contribution in [0.5, 0.6) is 0 Å². The van der Waals surface area contributed by atoms with Gasteiger partial charge in [-0.05, 0) is 69.6 Å². The molecular weight excluding hydrogens is 492 g/mol. The summed E-state index contributed by atoms with van der Waals surface area (Å²) in [6.07, 6.45) is 5.78. The van der Waals surface area contributed by atoms with Crippen LogP contribution in [0.2, 0.25) is 0 Å². The second kappa shape index (κ2) is 9.94. The smallest absolute Gasteiger partial charge is 0.278 e. The van der Waals surface area contributed by atoms with E-state index in [0.29, 0.717) is 34.5 Å². The van der Waals surface area contributed by atoms with Crippen molar-refractivity contribution in [2.45, 2.75) is 44.9 Å². The van der Waals surface area contributed by atoms with Crippen molar-refractivity contribution >= 4 is 28.4 Å². The van der Waals surface area contributed by atoms with Crippen LogP contribution in [-0.4, -0.2) is 66.5 Å². The summed E-state index contributed by atoms with van der Waals surface area (Å²) in [5.74, 6) is 0.845. The molecule has 6 rings (SSSR count). The molecule has 2 N–H and O–H groups in total. The number of nitrogens with zero attached hydrogens (tertiary/aromatic N) is 7. The van der Waals surface area contributed by atoms with E-state index in [1.165, 1.54) is 29.8 Å². The lowest BCUT2D eigenvalue weighted by atomic mass is 10.1. The van der Waals surface area contributed by atoms with E-state index in [2.05, 4.69) is 43.8 Å². The van der Waals surface area contributed by atoms with Gasteiger partial charge in [-0.25, -0.2) is 19.3 Å². The van der Waals surface area contributed by atoms with Gasteiger partial charge < -0.3 is 15.3 Å². The molecular formula is C29H34N8O2. The SMILES string of the molecule is C=CCn1c(=O)c2cnc(Nc3ccc(N4CCN5CCCC5C4)cc3)nc2n1-c1cccc(C(C)(C)O)n1. The molecule has 1 aromatic carbocycles. The lowest BCUT2D eigenvalue weighted by Crippen LogP contribution is -2.50. The maximum absolute atomic E-state index is 13.2. The molecule has 10 nitrogen and oxygen atoms in total. The molecule has 0 amide bonds. The standard InChI is InChI=1S/C29H34N8O2/c1-4-14-36-27(38)23-18-30-28(33-26(23)37(36)25-9-5-8-24(32-25)29(2,3)39)31-20-10-12-21(13-11-20)35-17-16-34-15-6-7-22(34)19-35/h4-5,8-13,18,22,39H,1,6-7,14-17,19H2,2-3H3,(H,30,31,33). The van der Waals surface area contributed by atoms with Crippen LogP contribution in [0.3, 0.4) is 0 Å². The third-order valence-corrected chi connectivity index (χ3v) is 7.63. The van der Waals surface area contributed by atoms with E-state index < -0.39 is 5.60 Å². The van der Waals surface area contributed by atoms with Gasteiger partial charge in [-0.3, -0.25) is 9.69 Å². The van der Waals surface area contributed by atoms with E-state index in [-0.39, 0.29) is 12.1 Å². The first-order chi connectivity index (χ1) is 18.8. The van der Waals surface area contributed by atoms with Gasteiger partial charge in [0.25, 0.3) is 5.56 Å². The fourth-order valence-corrected chi connectivity index (χ4v) is 5.60. The quantitative estimate of drug-likeness (QED) is 0.353. The number of anilines is 3. The van der Waals surface area contributed by atoms with E-state index in [1.54, 1.807) is 49.0 Å². The first-order valence-electron chi connectivity index (χ1n) is 13.5. The predicted molar refractivity (Wildman–Crippen MR) is 153 cm³/mol. The maximum Gasteiger partial charge on any atom is 0.278 e. The first-order valence-corrected chi connectivity index (χ1v) is 13.5. The Morgan fingerprint density at radius 3 is 2.72 bits per heavy atom. The lowest BCUT2D eigenvalue weighted by Gasteiger charge is -2.38. The van der Waals surface area contributed by atoms with E-state index in [1.807, 2.05) is 12.1 Å². The van der Waals surface area contributed by atoms with E-state index in [4.69, 9.17) is 4.98 Å². The van der Waals surface area contributed by atoms with Crippen LogP contribution in [0.4, 0.5) is 17.3 Å². The number of hydrogen-bond acceptors (Lipinski definition) is 8. The van der Waals surface area contributed by atoms with Crippen LogP contribution in [0.15, 0.2) is 66.1 Å². The van der Waals surface area contributed by atoms with Gasteiger partial charge in [0, 0.05) is 43.2 Å². The van der Waals surface area contributed by atoms with Crippen LogP contribution < -0.4 is 15.8 Å². The molecule has 2 fully saturated rings. The number of piperazine rings is 1. The molecule has 0 saturated carbocycles. The van der Waals surface area contributed by atoms with Crippen molar-refractivity contribution in [1.29, 1.82) is 0 Å². The molecule has 0 aliphatic carbocycles. The highest BCUT2D eigenvalue weighted by atomic mass is 16.3. The molecule has 39 heavy (non-hydrogen) atoms. The zero-order chi connectivity index (χ0) is 27.1. The largest absolute Gasteiger partial charge is 0.384 e. The van der Waals surface area contributed by atoms with Gasteiger partial charge in [0.1, 0.15) is 11.0 Å². The minimum Gasteiger partial charge on any atom is -0.384 e. The fourth-order valence-electron chi connectivity index (χ4n) is 5.60. The summed E-state index contributed by atoms with van der Waals surface area (Å²) in [5.41, 5.74) is 1.61. The zero-order valence-corrected chi connectivity index (χ0v) is 22.4. The molecule has 2 aliphatic rings. The van der Waals surface area contributed by atoms with Gasteiger partial charge in [-0.1, -0.05) is 12.1 Å². The van der Waals surface area contributed by atoms with Crippen molar-refractivity contribution in [3.05, 3.63) is 77.4 Å². The second-order valence-electron chi connectivity index (χ2n) is 10.8. The summed E-state index contributed by atoms with van der Waals surface area (Å²) in [6, 6.07) is 14.3. The Balaban J connectivity index is 1.31.